The maximum Gasteiger partial charge on any atom is 0.162 e. The molecule has 0 aliphatic carbocycles. The summed E-state index contributed by atoms with van der Waals surface area (Å²) in [6, 6.07) is 9.89. The fourth-order valence-corrected chi connectivity index (χ4v) is 2.61. The topological polar surface area (TPSA) is 58.0 Å². The fraction of sp³-hybridized carbons (Fsp3) is 0.200. The number of aliphatic hydroxyl groups is 1. The van der Waals surface area contributed by atoms with Crippen molar-refractivity contribution in [3.05, 3.63) is 41.1 Å². The molecule has 1 atom stereocenters. The van der Waals surface area contributed by atoms with Crippen LogP contribution in [-0.2, 0) is 0 Å². The standard InChI is InChI=1S/C15H15N3OS/c1-10(19)8-16-15-12-4-2-3-5-13(12)17-14(18-15)11-6-7-20-9-11/h2-7,9-10,19H,8H2,1H3,(H,16,17,18)/t10-/m0/s1. The van der Waals surface area contributed by atoms with Gasteiger partial charge in [-0.15, -0.1) is 0 Å². The zero-order valence-corrected chi connectivity index (χ0v) is 11.9. The van der Waals surface area contributed by atoms with Crippen LogP contribution in [0.5, 0.6) is 0 Å². The highest BCUT2D eigenvalue weighted by Gasteiger charge is 2.09. The first kappa shape index (κ1) is 13.0. The Morgan fingerprint density at radius 2 is 2.10 bits per heavy atom. The molecule has 0 aliphatic rings. The van der Waals surface area contributed by atoms with Crippen molar-refractivity contribution in [3.8, 4) is 11.4 Å². The minimum absolute atomic E-state index is 0.423. The van der Waals surface area contributed by atoms with E-state index in [0.717, 1.165) is 22.3 Å². The van der Waals surface area contributed by atoms with Crippen LogP contribution in [0.3, 0.4) is 0 Å². The summed E-state index contributed by atoms with van der Waals surface area (Å²) in [5, 5.41) is 17.6. The molecule has 0 unspecified atom stereocenters. The largest absolute Gasteiger partial charge is 0.392 e. The number of thiophene rings is 1. The first-order chi connectivity index (χ1) is 9.74. The second-order valence-electron chi connectivity index (χ2n) is 4.65. The van der Waals surface area contributed by atoms with Gasteiger partial charge in [-0.3, -0.25) is 0 Å². The molecule has 20 heavy (non-hydrogen) atoms. The SMILES string of the molecule is C[C@H](O)CNc1nc(-c2ccsc2)nc2ccccc12. The Labute approximate surface area is 121 Å². The molecular formula is C15H15N3OS. The van der Waals surface area contributed by atoms with Crippen LogP contribution < -0.4 is 5.32 Å². The molecule has 0 spiro atoms. The van der Waals surface area contributed by atoms with Gasteiger partial charge in [0.1, 0.15) is 5.82 Å². The third-order valence-electron chi connectivity index (χ3n) is 2.95. The van der Waals surface area contributed by atoms with Crippen molar-refractivity contribution in [3.63, 3.8) is 0 Å². The molecule has 0 amide bonds. The number of hydrogen-bond acceptors (Lipinski definition) is 5. The zero-order valence-electron chi connectivity index (χ0n) is 11.1. The maximum absolute atomic E-state index is 9.43. The molecule has 0 saturated heterocycles. The highest BCUT2D eigenvalue weighted by atomic mass is 32.1. The van der Waals surface area contributed by atoms with Crippen molar-refractivity contribution >= 4 is 28.1 Å². The number of fused-ring (bicyclic) bond motifs is 1. The summed E-state index contributed by atoms with van der Waals surface area (Å²) in [6.45, 7) is 2.21. The lowest BCUT2D eigenvalue weighted by Gasteiger charge is -2.11. The van der Waals surface area contributed by atoms with E-state index in [0.29, 0.717) is 12.4 Å². The molecule has 3 rings (SSSR count). The van der Waals surface area contributed by atoms with Crippen LogP contribution in [0.2, 0.25) is 0 Å². The molecule has 2 N–H and O–H groups in total. The first-order valence-electron chi connectivity index (χ1n) is 6.45. The van der Waals surface area contributed by atoms with E-state index in [1.807, 2.05) is 41.1 Å². The van der Waals surface area contributed by atoms with E-state index in [4.69, 9.17) is 0 Å². The van der Waals surface area contributed by atoms with Gasteiger partial charge >= 0.3 is 0 Å². The van der Waals surface area contributed by atoms with Crippen molar-refractivity contribution in [2.24, 2.45) is 0 Å². The van der Waals surface area contributed by atoms with Gasteiger partial charge < -0.3 is 10.4 Å². The number of para-hydroxylation sites is 1. The summed E-state index contributed by atoms with van der Waals surface area (Å²) in [4.78, 5) is 9.19. The first-order valence-corrected chi connectivity index (χ1v) is 7.39. The van der Waals surface area contributed by atoms with E-state index in [1.165, 1.54) is 0 Å². The van der Waals surface area contributed by atoms with Crippen molar-refractivity contribution in [2.45, 2.75) is 13.0 Å². The van der Waals surface area contributed by atoms with Gasteiger partial charge in [0.25, 0.3) is 0 Å². The van der Waals surface area contributed by atoms with E-state index in [9.17, 15) is 5.11 Å². The average molecular weight is 285 g/mol. The second-order valence-corrected chi connectivity index (χ2v) is 5.43. The summed E-state index contributed by atoms with van der Waals surface area (Å²) in [5.74, 6) is 1.47. The minimum atomic E-state index is -0.423. The number of aliphatic hydroxyl groups excluding tert-OH is 1. The average Bonchev–Trinajstić information content (AvgIpc) is 2.98. The molecule has 4 nitrogen and oxygen atoms in total. The van der Waals surface area contributed by atoms with E-state index in [-0.39, 0.29) is 0 Å². The molecule has 0 fully saturated rings. The van der Waals surface area contributed by atoms with E-state index in [2.05, 4.69) is 15.3 Å². The van der Waals surface area contributed by atoms with Gasteiger partial charge in [-0.25, -0.2) is 9.97 Å². The molecule has 0 aliphatic heterocycles. The van der Waals surface area contributed by atoms with Crippen LogP contribution in [0.4, 0.5) is 5.82 Å². The highest BCUT2D eigenvalue weighted by molar-refractivity contribution is 7.08. The third-order valence-corrected chi connectivity index (χ3v) is 3.63. The van der Waals surface area contributed by atoms with E-state index >= 15 is 0 Å². The number of rotatable bonds is 4. The molecule has 5 heteroatoms. The van der Waals surface area contributed by atoms with Crippen molar-refractivity contribution in [1.29, 1.82) is 0 Å². The van der Waals surface area contributed by atoms with Crippen LogP contribution in [0, 0.1) is 0 Å². The molecule has 2 heterocycles. The van der Waals surface area contributed by atoms with Gasteiger partial charge in [0.2, 0.25) is 0 Å². The summed E-state index contributed by atoms with van der Waals surface area (Å²) < 4.78 is 0. The van der Waals surface area contributed by atoms with Crippen LogP contribution in [0.1, 0.15) is 6.92 Å². The molecule has 1 aromatic carbocycles. The lowest BCUT2D eigenvalue weighted by Crippen LogP contribution is -2.16. The Morgan fingerprint density at radius 3 is 2.85 bits per heavy atom. The molecule has 3 aromatic rings. The lowest BCUT2D eigenvalue weighted by molar-refractivity contribution is 0.208. The summed E-state index contributed by atoms with van der Waals surface area (Å²) in [5.41, 5.74) is 1.91. The molecule has 0 bridgehead atoms. The Kier molecular flexibility index (Phi) is 3.62. The molecule has 0 radical (unpaired) electrons. The van der Waals surface area contributed by atoms with E-state index in [1.54, 1.807) is 18.3 Å². The number of anilines is 1. The van der Waals surface area contributed by atoms with E-state index < -0.39 is 6.10 Å². The van der Waals surface area contributed by atoms with Gasteiger partial charge in [0, 0.05) is 22.9 Å². The van der Waals surface area contributed by atoms with Gasteiger partial charge in [-0.05, 0) is 30.5 Å². The van der Waals surface area contributed by atoms with Gasteiger partial charge in [0.05, 0.1) is 11.6 Å². The number of hydrogen-bond donors (Lipinski definition) is 2. The zero-order chi connectivity index (χ0) is 13.9. The summed E-state index contributed by atoms with van der Waals surface area (Å²) >= 11 is 1.62. The molecular weight excluding hydrogens is 270 g/mol. The number of aromatic nitrogens is 2. The molecule has 2 aromatic heterocycles. The molecule has 0 saturated carbocycles. The maximum atomic E-state index is 9.43. The van der Waals surface area contributed by atoms with Gasteiger partial charge in [0.15, 0.2) is 5.82 Å². The normalized spacial score (nSPS) is 12.5. The molecule has 102 valence electrons. The number of nitrogens with zero attached hydrogens (tertiary/aromatic N) is 2. The Balaban J connectivity index is 2.10. The predicted octanol–water partition coefficient (Wildman–Crippen LogP) is 3.15. The highest BCUT2D eigenvalue weighted by Crippen LogP contribution is 2.25. The Hall–Kier alpha value is -1.98. The monoisotopic (exact) mass is 285 g/mol. The van der Waals surface area contributed by atoms with Crippen molar-refractivity contribution in [2.75, 3.05) is 11.9 Å². The second kappa shape index (κ2) is 5.56. The van der Waals surface area contributed by atoms with Crippen molar-refractivity contribution in [1.82, 2.24) is 9.97 Å². The van der Waals surface area contributed by atoms with Crippen LogP contribution in [-0.4, -0.2) is 27.7 Å². The minimum Gasteiger partial charge on any atom is -0.392 e. The Bertz CT molecular complexity index is 710. The summed E-state index contributed by atoms with van der Waals surface area (Å²) in [6.07, 6.45) is -0.423. The van der Waals surface area contributed by atoms with Crippen LogP contribution >= 0.6 is 11.3 Å². The fourth-order valence-electron chi connectivity index (χ4n) is 1.98. The predicted molar refractivity (Wildman–Crippen MR) is 83.0 cm³/mol. The smallest absolute Gasteiger partial charge is 0.162 e. The van der Waals surface area contributed by atoms with Crippen molar-refractivity contribution < 1.29 is 5.11 Å². The quantitative estimate of drug-likeness (QED) is 0.773. The van der Waals surface area contributed by atoms with Crippen LogP contribution in [0.25, 0.3) is 22.3 Å². The number of benzene rings is 1. The van der Waals surface area contributed by atoms with Gasteiger partial charge in [-0.2, -0.15) is 11.3 Å². The number of nitrogens with one attached hydrogen (secondary N) is 1. The van der Waals surface area contributed by atoms with Gasteiger partial charge in [-0.1, -0.05) is 12.1 Å². The lowest BCUT2D eigenvalue weighted by atomic mass is 10.2. The third kappa shape index (κ3) is 2.64. The summed E-state index contributed by atoms with van der Waals surface area (Å²) in [7, 11) is 0. The Morgan fingerprint density at radius 1 is 1.25 bits per heavy atom. The van der Waals surface area contributed by atoms with Crippen LogP contribution in [0.15, 0.2) is 41.1 Å².